The van der Waals surface area contributed by atoms with Crippen LogP contribution >= 0.6 is 11.3 Å². The van der Waals surface area contributed by atoms with E-state index < -0.39 is 23.3 Å². The van der Waals surface area contributed by atoms with Crippen molar-refractivity contribution in [2.45, 2.75) is 13.1 Å². The third-order valence-electron chi connectivity index (χ3n) is 3.12. The third-order valence-corrected chi connectivity index (χ3v) is 3.95. The van der Waals surface area contributed by atoms with Gasteiger partial charge >= 0.3 is 6.18 Å². The van der Waals surface area contributed by atoms with Gasteiger partial charge in [0.2, 0.25) is 0 Å². The molecule has 0 bridgehead atoms. The Balaban J connectivity index is 2.02. The first-order chi connectivity index (χ1) is 11.4. The smallest absolute Gasteiger partial charge is 0.298 e. The number of aryl methyl sites for hydroxylation is 1. The number of hydrogen-bond acceptors (Lipinski definition) is 4. The first-order valence-corrected chi connectivity index (χ1v) is 7.62. The van der Waals surface area contributed by atoms with Gasteiger partial charge in [-0.1, -0.05) is 18.2 Å². The van der Waals surface area contributed by atoms with Crippen molar-refractivity contribution in [1.82, 2.24) is 14.8 Å². The van der Waals surface area contributed by atoms with Crippen molar-refractivity contribution in [3.05, 3.63) is 58.9 Å². The highest BCUT2D eigenvalue weighted by molar-refractivity contribution is 7.15. The first kappa shape index (κ1) is 16.2. The quantitative estimate of drug-likeness (QED) is 0.777. The zero-order valence-electron chi connectivity index (χ0n) is 12.3. The van der Waals surface area contributed by atoms with Crippen molar-refractivity contribution >= 4 is 22.4 Å². The molecule has 0 saturated heterocycles. The van der Waals surface area contributed by atoms with Crippen LogP contribution in [-0.2, 0) is 6.18 Å². The van der Waals surface area contributed by atoms with Crippen molar-refractivity contribution < 1.29 is 18.0 Å². The molecule has 0 spiro atoms. The second kappa shape index (κ2) is 6.08. The van der Waals surface area contributed by atoms with E-state index in [1.54, 1.807) is 25.1 Å². The molecular formula is C15H11F3N4OS. The second-order valence-corrected chi connectivity index (χ2v) is 6.12. The molecule has 0 aliphatic carbocycles. The Bertz CT molecular complexity index is 870. The SMILES string of the molecule is Cc1cnc(NC(=O)c2cnn(-c3ccccc3)c2C(F)(F)F)s1. The Morgan fingerprint density at radius 1 is 1.21 bits per heavy atom. The number of anilines is 1. The summed E-state index contributed by atoms with van der Waals surface area (Å²) in [6.45, 7) is 1.78. The van der Waals surface area contributed by atoms with Crippen LogP contribution in [0, 0.1) is 6.92 Å². The van der Waals surface area contributed by atoms with Gasteiger partial charge in [-0.3, -0.25) is 10.1 Å². The van der Waals surface area contributed by atoms with E-state index in [0.29, 0.717) is 4.68 Å². The number of carbonyl (C=O) groups excluding carboxylic acids is 1. The lowest BCUT2D eigenvalue weighted by atomic mass is 10.2. The van der Waals surface area contributed by atoms with Crippen LogP contribution in [-0.4, -0.2) is 20.7 Å². The molecule has 0 radical (unpaired) electrons. The highest BCUT2D eigenvalue weighted by atomic mass is 32.1. The molecule has 0 aliphatic heterocycles. The third kappa shape index (κ3) is 3.16. The number of hydrogen-bond donors (Lipinski definition) is 1. The van der Waals surface area contributed by atoms with Crippen LogP contribution in [0.5, 0.6) is 0 Å². The van der Waals surface area contributed by atoms with E-state index in [1.807, 2.05) is 0 Å². The van der Waals surface area contributed by atoms with Crippen LogP contribution in [0.15, 0.2) is 42.7 Å². The maximum absolute atomic E-state index is 13.5. The molecule has 24 heavy (non-hydrogen) atoms. The topological polar surface area (TPSA) is 59.8 Å². The number of para-hydroxylation sites is 1. The average molecular weight is 352 g/mol. The molecule has 1 N–H and O–H groups in total. The number of nitrogens with one attached hydrogen (secondary N) is 1. The summed E-state index contributed by atoms with van der Waals surface area (Å²) in [6, 6.07) is 7.82. The Labute approximate surface area is 138 Å². The molecule has 0 saturated carbocycles. The van der Waals surface area contributed by atoms with Gasteiger partial charge in [-0.15, -0.1) is 11.3 Å². The summed E-state index contributed by atoms with van der Waals surface area (Å²) >= 11 is 1.18. The molecule has 3 rings (SSSR count). The summed E-state index contributed by atoms with van der Waals surface area (Å²) in [7, 11) is 0. The van der Waals surface area contributed by atoms with Crippen LogP contribution in [0.2, 0.25) is 0 Å². The lowest BCUT2D eigenvalue weighted by Gasteiger charge is -2.12. The Morgan fingerprint density at radius 3 is 2.50 bits per heavy atom. The monoisotopic (exact) mass is 352 g/mol. The second-order valence-electron chi connectivity index (χ2n) is 4.88. The molecule has 2 heterocycles. The predicted octanol–water partition coefficient (Wildman–Crippen LogP) is 3.91. The van der Waals surface area contributed by atoms with E-state index in [2.05, 4.69) is 15.4 Å². The molecule has 2 aromatic heterocycles. The van der Waals surface area contributed by atoms with Crippen molar-refractivity contribution in [3.8, 4) is 5.69 Å². The number of halogens is 3. The molecule has 5 nitrogen and oxygen atoms in total. The van der Waals surface area contributed by atoms with E-state index in [0.717, 1.165) is 11.1 Å². The number of benzene rings is 1. The molecule has 1 amide bonds. The van der Waals surface area contributed by atoms with Gasteiger partial charge in [0.05, 0.1) is 17.4 Å². The number of amides is 1. The summed E-state index contributed by atoms with van der Waals surface area (Å²) < 4.78 is 41.1. The summed E-state index contributed by atoms with van der Waals surface area (Å²) in [6.07, 6.45) is -2.30. The lowest BCUT2D eigenvalue weighted by molar-refractivity contribution is -0.143. The maximum atomic E-state index is 13.5. The first-order valence-electron chi connectivity index (χ1n) is 6.80. The fourth-order valence-corrected chi connectivity index (χ4v) is 2.79. The van der Waals surface area contributed by atoms with Gasteiger partial charge in [0.15, 0.2) is 10.8 Å². The molecule has 0 fully saturated rings. The highest BCUT2D eigenvalue weighted by Crippen LogP contribution is 2.34. The lowest BCUT2D eigenvalue weighted by Crippen LogP contribution is -2.20. The van der Waals surface area contributed by atoms with E-state index >= 15 is 0 Å². The van der Waals surface area contributed by atoms with Crippen molar-refractivity contribution in [2.24, 2.45) is 0 Å². The van der Waals surface area contributed by atoms with Gasteiger partial charge in [-0.25, -0.2) is 9.67 Å². The van der Waals surface area contributed by atoms with Gasteiger partial charge in [0.1, 0.15) is 0 Å². The fraction of sp³-hybridized carbons (Fsp3) is 0.133. The molecule has 124 valence electrons. The van der Waals surface area contributed by atoms with Crippen LogP contribution < -0.4 is 5.32 Å². The fourth-order valence-electron chi connectivity index (χ4n) is 2.13. The summed E-state index contributed by atoms with van der Waals surface area (Å²) in [5.41, 5.74) is -1.47. The number of thiazole rings is 1. The molecule has 0 atom stereocenters. The zero-order valence-corrected chi connectivity index (χ0v) is 13.1. The van der Waals surface area contributed by atoms with Crippen molar-refractivity contribution in [3.63, 3.8) is 0 Å². The Kier molecular flexibility index (Phi) is 4.10. The largest absolute Gasteiger partial charge is 0.434 e. The van der Waals surface area contributed by atoms with Gasteiger partial charge in [0.25, 0.3) is 5.91 Å². The minimum atomic E-state index is -4.74. The van der Waals surface area contributed by atoms with Gasteiger partial charge in [-0.2, -0.15) is 18.3 Å². The molecule has 0 aliphatic rings. The molecule has 1 aromatic carbocycles. The summed E-state index contributed by atoms with van der Waals surface area (Å²) in [4.78, 5) is 17.0. The number of alkyl halides is 3. The number of aromatic nitrogens is 3. The predicted molar refractivity (Wildman–Crippen MR) is 83.4 cm³/mol. The molecule has 3 aromatic rings. The minimum Gasteiger partial charge on any atom is -0.298 e. The van der Waals surface area contributed by atoms with Crippen LogP contribution in [0.4, 0.5) is 18.3 Å². The number of carbonyl (C=O) groups is 1. The van der Waals surface area contributed by atoms with E-state index in [4.69, 9.17) is 0 Å². The summed E-state index contributed by atoms with van der Waals surface area (Å²) in [5, 5.41) is 6.35. The minimum absolute atomic E-state index is 0.217. The van der Waals surface area contributed by atoms with Crippen LogP contribution in [0.3, 0.4) is 0 Å². The number of rotatable bonds is 3. The average Bonchev–Trinajstić information content (AvgIpc) is 3.14. The summed E-state index contributed by atoms with van der Waals surface area (Å²) in [5.74, 6) is -0.904. The molecule has 0 unspecified atom stereocenters. The van der Waals surface area contributed by atoms with Gasteiger partial charge in [-0.05, 0) is 19.1 Å². The van der Waals surface area contributed by atoms with Gasteiger partial charge < -0.3 is 0 Å². The van der Waals surface area contributed by atoms with Gasteiger partial charge in [0, 0.05) is 11.1 Å². The standard InChI is InChI=1S/C15H11F3N4OS/c1-9-7-19-14(24-9)21-13(23)11-8-20-22(12(11)15(16,17)18)10-5-3-2-4-6-10/h2-8H,1H3,(H,19,21,23). The van der Waals surface area contributed by atoms with E-state index in [9.17, 15) is 18.0 Å². The molecule has 9 heteroatoms. The molecular weight excluding hydrogens is 341 g/mol. The van der Waals surface area contributed by atoms with E-state index in [-0.39, 0.29) is 10.8 Å². The van der Waals surface area contributed by atoms with E-state index in [1.165, 1.54) is 29.7 Å². The highest BCUT2D eigenvalue weighted by Gasteiger charge is 2.40. The Morgan fingerprint density at radius 2 is 1.92 bits per heavy atom. The normalized spacial score (nSPS) is 11.5. The Hall–Kier alpha value is -2.68. The van der Waals surface area contributed by atoms with Crippen LogP contribution in [0.25, 0.3) is 5.69 Å². The maximum Gasteiger partial charge on any atom is 0.434 e. The van der Waals surface area contributed by atoms with Crippen molar-refractivity contribution in [1.29, 1.82) is 0 Å². The van der Waals surface area contributed by atoms with Crippen LogP contribution in [0.1, 0.15) is 20.9 Å². The van der Waals surface area contributed by atoms with Crippen molar-refractivity contribution in [2.75, 3.05) is 5.32 Å². The number of nitrogens with zero attached hydrogens (tertiary/aromatic N) is 3. The zero-order chi connectivity index (χ0) is 17.3.